The van der Waals surface area contributed by atoms with E-state index in [0.717, 1.165) is 24.0 Å². The van der Waals surface area contributed by atoms with Crippen molar-refractivity contribution in [2.45, 2.75) is 51.6 Å². The SMILES string of the molecule is CCN1C(=O)/C(=c2\s/c(=C\c3ccc4c(c3)C3CCCC3N4c3ccc(C=C(c4ccccc4)c4ccccc4)cc3)c(=O)n2CC)SC1=S. The third kappa shape index (κ3) is 5.79. The first-order valence-electron chi connectivity index (χ1n) is 17.3. The molecular formula is C42H37N3O2S3. The molecule has 1 aromatic heterocycles. The molecule has 2 aliphatic heterocycles. The summed E-state index contributed by atoms with van der Waals surface area (Å²) in [6.07, 6.45) is 7.79. The first-order valence-corrected chi connectivity index (χ1v) is 19.3. The van der Waals surface area contributed by atoms with Crippen LogP contribution in [0.1, 0.15) is 66.8 Å². The Balaban J connectivity index is 1.14. The van der Waals surface area contributed by atoms with Gasteiger partial charge in [-0.2, -0.15) is 0 Å². The Morgan fingerprint density at radius 3 is 2.16 bits per heavy atom. The minimum Gasteiger partial charge on any atom is -0.338 e. The van der Waals surface area contributed by atoms with Crippen LogP contribution in [0, 0.1) is 0 Å². The van der Waals surface area contributed by atoms with Crippen LogP contribution in [0.3, 0.4) is 0 Å². The van der Waals surface area contributed by atoms with Gasteiger partial charge in [-0.25, -0.2) is 0 Å². The van der Waals surface area contributed by atoms with E-state index in [1.807, 2.05) is 19.9 Å². The van der Waals surface area contributed by atoms with Crippen LogP contribution in [0.5, 0.6) is 0 Å². The Bertz CT molecular complexity index is 2280. The highest BCUT2D eigenvalue weighted by Gasteiger charge is 2.42. The Morgan fingerprint density at radius 1 is 0.840 bits per heavy atom. The zero-order valence-corrected chi connectivity index (χ0v) is 30.5. The quantitative estimate of drug-likeness (QED) is 0.126. The molecule has 1 saturated carbocycles. The first-order chi connectivity index (χ1) is 24.4. The van der Waals surface area contributed by atoms with Gasteiger partial charge in [0.05, 0.1) is 4.53 Å². The smallest absolute Gasteiger partial charge is 0.269 e. The average Bonchev–Trinajstić information content (AvgIpc) is 3.89. The summed E-state index contributed by atoms with van der Waals surface area (Å²) in [5, 5.41) is 0. The summed E-state index contributed by atoms with van der Waals surface area (Å²) in [7, 11) is 0. The summed E-state index contributed by atoms with van der Waals surface area (Å²) >= 11 is 8.14. The van der Waals surface area contributed by atoms with Gasteiger partial charge in [-0.05, 0) is 96.5 Å². The predicted octanol–water partition coefficient (Wildman–Crippen LogP) is 8.12. The molecule has 4 aromatic carbocycles. The second-order valence-corrected chi connectivity index (χ2v) is 15.6. The lowest BCUT2D eigenvalue weighted by molar-refractivity contribution is -0.120. The van der Waals surface area contributed by atoms with Gasteiger partial charge < -0.3 is 4.90 Å². The van der Waals surface area contributed by atoms with Crippen LogP contribution in [-0.2, 0) is 11.3 Å². The van der Waals surface area contributed by atoms with Crippen LogP contribution in [0.4, 0.5) is 11.4 Å². The van der Waals surface area contributed by atoms with Gasteiger partial charge in [0, 0.05) is 36.4 Å². The Hall–Kier alpha value is -4.50. The predicted molar refractivity (Wildman–Crippen MR) is 213 cm³/mol. The molecule has 0 spiro atoms. The molecule has 250 valence electrons. The number of thioether (sulfide) groups is 1. The molecule has 0 N–H and O–H groups in total. The third-order valence-corrected chi connectivity index (χ3v) is 12.8. The molecule has 0 bridgehead atoms. The van der Waals surface area contributed by atoms with E-state index in [-0.39, 0.29) is 11.5 Å². The van der Waals surface area contributed by atoms with Crippen LogP contribution < -0.4 is 19.7 Å². The van der Waals surface area contributed by atoms with Gasteiger partial charge in [0.2, 0.25) is 0 Å². The minimum atomic E-state index is -0.112. The van der Waals surface area contributed by atoms with E-state index in [1.165, 1.54) is 63.2 Å². The van der Waals surface area contributed by atoms with Crippen molar-refractivity contribution in [3.63, 3.8) is 0 Å². The fourth-order valence-electron chi connectivity index (χ4n) is 7.69. The largest absolute Gasteiger partial charge is 0.338 e. The number of amides is 1. The molecule has 2 fully saturated rings. The zero-order valence-electron chi connectivity index (χ0n) is 28.0. The van der Waals surface area contributed by atoms with Crippen molar-refractivity contribution in [1.82, 2.24) is 9.47 Å². The number of rotatable bonds is 7. The molecular weight excluding hydrogens is 675 g/mol. The first kappa shape index (κ1) is 32.7. The summed E-state index contributed by atoms with van der Waals surface area (Å²) in [5.41, 5.74) is 9.52. The van der Waals surface area contributed by atoms with E-state index in [9.17, 15) is 9.59 Å². The van der Waals surface area contributed by atoms with E-state index in [2.05, 4.69) is 114 Å². The summed E-state index contributed by atoms with van der Waals surface area (Å²) in [4.78, 5) is 31.4. The summed E-state index contributed by atoms with van der Waals surface area (Å²) in [6, 6.07) is 37.2. The van der Waals surface area contributed by atoms with Crippen molar-refractivity contribution in [3.05, 3.63) is 150 Å². The summed E-state index contributed by atoms with van der Waals surface area (Å²) < 4.78 is 3.59. The van der Waals surface area contributed by atoms with Gasteiger partial charge in [-0.15, -0.1) is 11.3 Å². The van der Waals surface area contributed by atoms with Crippen molar-refractivity contribution >= 4 is 79.5 Å². The van der Waals surface area contributed by atoms with Gasteiger partial charge in [0.1, 0.15) is 13.9 Å². The topological polar surface area (TPSA) is 45.6 Å². The van der Waals surface area contributed by atoms with Crippen molar-refractivity contribution in [3.8, 4) is 0 Å². The second-order valence-electron chi connectivity index (χ2n) is 12.9. The van der Waals surface area contributed by atoms with Crippen LogP contribution in [0.25, 0.3) is 22.6 Å². The molecule has 8 heteroatoms. The molecule has 3 heterocycles. The molecule has 1 saturated heterocycles. The number of benzene rings is 4. The molecule has 5 nitrogen and oxygen atoms in total. The van der Waals surface area contributed by atoms with Gasteiger partial charge >= 0.3 is 0 Å². The van der Waals surface area contributed by atoms with Crippen LogP contribution in [0.15, 0.2) is 108 Å². The van der Waals surface area contributed by atoms with Crippen LogP contribution >= 0.6 is 35.3 Å². The molecule has 3 aliphatic rings. The van der Waals surface area contributed by atoms with E-state index < -0.39 is 0 Å². The number of aromatic nitrogens is 1. The maximum Gasteiger partial charge on any atom is 0.269 e. The van der Waals surface area contributed by atoms with E-state index >= 15 is 0 Å². The van der Waals surface area contributed by atoms with E-state index in [4.69, 9.17) is 12.2 Å². The fourth-order valence-corrected chi connectivity index (χ4v) is 10.4. The molecule has 2 atom stereocenters. The molecule has 1 amide bonds. The Morgan fingerprint density at radius 2 is 1.52 bits per heavy atom. The monoisotopic (exact) mass is 711 g/mol. The summed E-state index contributed by atoms with van der Waals surface area (Å²) in [6.45, 7) is 4.87. The Labute approximate surface area is 305 Å². The van der Waals surface area contributed by atoms with E-state index in [0.29, 0.717) is 43.5 Å². The molecule has 2 unspecified atom stereocenters. The normalized spacial score (nSPS) is 19.7. The number of anilines is 2. The molecule has 50 heavy (non-hydrogen) atoms. The van der Waals surface area contributed by atoms with Gasteiger partial charge in [-0.1, -0.05) is 109 Å². The van der Waals surface area contributed by atoms with Gasteiger partial charge in [0.25, 0.3) is 11.5 Å². The molecule has 1 aliphatic carbocycles. The van der Waals surface area contributed by atoms with Crippen LogP contribution in [-0.4, -0.2) is 32.3 Å². The number of fused-ring (bicyclic) bond motifs is 3. The number of carbonyl (C=O) groups is 1. The van der Waals surface area contributed by atoms with Crippen molar-refractivity contribution in [2.75, 3.05) is 11.4 Å². The van der Waals surface area contributed by atoms with Gasteiger partial charge in [0.15, 0.2) is 0 Å². The lowest BCUT2D eigenvalue weighted by atomic mass is 9.95. The number of carbonyl (C=O) groups excluding carboxylic acids is 1. The average molecular weight is 712 g/mol. The number of hydrogen-bond donors (Lipinski definition) is 0. The molecule has 0 radical (unpaired) electrons. The van der Waals surface area contributed by atoms with Gasteiger partial charge in [-0.3, -0.25) is 19.1 Å². The lowest BCUT2D eigenvalue weighted by Crippen LogP contribution is -2.33. The summed E-state index contributed by atoms with van der Waals surface area (Å²) in [5.74, 6) is 0.343. The molecule has 5 aromatic rings. The fraction of sp³-hybridized carbons (Fsp3) is 0.214. The number of thiocarbonyl (C=S) groups is 1. The Kier molecular flexibility index (Phi) is 8.93. The maximum atomic E-state index is 13.6. The third-order valence-electron chi connectivity index (χ3n) is 10.1. The van der Waals surface area contributed by atoms with Crippen molar-refractivity contribution in [2.24, 2.45) is 0 Å². The van der Waals surface area contributed by atoms with E-state index in [1.54, 1.807) is 9.47 Å². The van der Waals surface area contributed by atoms with Crippen molar-refractivity contribution < 1.29 is 4.79 Å². The van der Waals surface area contributed by atoms with Crippen molar-refractivity contribution in [1.29, 1.82) is 0 Å². The number of thiazole rings is 1. The maximum absolute atomic E-state index is 13.6. The number of hydrogen-bond acceptors (Lipinski definition) is 6. The lowest BCUT2D eigenvalue weighted by Gasteiger charge is -2.27. The highest BCUT2D eigenvalue weighted by Crippen LogP contribution is 2.52. The highest BCUT2D eigenvalue weighted by molar-refractivity contribution is 8.30. The minimum absolute atomic E-state index is 0.0630. The second kappa shape index (κ2) is 13.7. The zero-order chi connectivity index (χ0) is 34.4. The van der Waals surface area contributed by atoms with Crippen LogP contribution in [0.2, 0.25) is 0 Å². The standard InChI is InChI=1S/C42H37N3O2S3/c1-3-43-39(46)37(49-41(43)38-40(47)44(4-2)42(48)50-38)26-28-20-23-36-34(25-28)32-16-11-17-35(32)45(36)31-21-18-27(19-22-31)24-33(29-12-7-5-8-13-29)30-14-9-6-10-15-30/h5-10,12-15,18-26,32,35H,3-4,11,16-17H2,1-2H3/b37-26-,41-38+. The number of nitrogens with zero attached hydrogens (tertiary/aromatic N) is 3. The molecule has 8 rings (SSSR count). The highest BCUT2D eigenvalue weighted by atomic mass is 32.2.